The van der Waals surface area contributed by atoms with Crippen LogP contribution in [0.5, 0.6) is 5.75 Å². The molecule has 0 saturated heterocycles. The number of ether oxygens (including phenoxy) is 1. The Balaban J connectivity index is 1.93. The molecule has 5 heteroatoms. The first kappa shape index (κ1) is 13.0. The van der Waals surface area contributed by atoms with Crippen LogP contribution < -0.4 is 15.8 Å². The average molecular weight is 260 g/mol. The first-order valence-electron chi connectivity index (χ1n) is 5.94. The Morgan fingerprint density at radius 2 is 2.21 bits per heavy atom. The average Bonchev–Trinajstić information content (AvgIpc) is 2.80. The number of amides is 1. The van der Waals surface area contributed by atoms with Gasteiger partial charge in [-0.2, -0.15) is 0 Å². The van der Waals surface area contributed by atoms with Gasteiger partial charge in [-0.1, -0.05) is 6.07 Å². The predicted molar refractivity (Wildman–Crippen MR) is 71.9 cm³/mol. The predicted octanol–water partition coefficient (Wildman–Crippen LogP) is 2.06. The summed E-state index contributed by atoms with van der Waals surface area (Å²) >= 11 is 0. The Kier molecular flexibility index (Phi) is 4.07. The van der Waals surface area contributed by atoms with Crippen molar-refractivity contribution in [1.29, 1.82) is 0 Å². The van der Waals surface area contributed by atoms with Crippen LogP contribution in [0.25, 0.3) is 0 Å². The maximum absolute atomic E-state index is 10.6. The SMILES string of the molecule is Cc1ccc(CNc2cccc(OCC(N)=O)c2)o1. The Bertz CT molecular complexity index is 563. The summed E-state index contributed by atoms with van der Waals surface area (Å²) in [6, 6.07) is 11.2. The minimum atomic E-state index is -0.496. The number of carbonyl (C=O) groups is 1. The van der Waals surface area contributed by atoms with Crippen LogP contribution in [-0.4, -0.2) is 12.5 Å². The second-order valence-corrected chi connectivity index (χ2v) is 4.15. The molecule has 2 aromatic rings. The lowest BCUT2D eigenvalue weighted by Crippen LogP contribution is -2.20. The van der Waals surface area contributed by atoms with E-state index in [1.54, 1.807) is 12.1 Å². The van der Waals surface area contributed by atoms with Gasteiger partial charge >= 0.3 is 0 Å². The normalized spacial score (nSPS) is 10.2. The maximum atomic E-state index is 10.6. The molecule has 1 amide bonds. The topological polar surface area (TPSA) is 77.5 Å². The number of rotatable bonds is 6. The molecule has 0 radical (unpaired) electrons. The van der Waals surface area contributed by atoms with Crippen molar-refractivity contribution in [2.24, 2.45) is 5.73 Å². The number of carbonyl (C=O) groups excluding carboxylic acids is 1. The van der Waals surface area contributed by atoms with Gasteiger partial charge in [0.25, 0.3) is 5.91 Å². The van der Waals surface area contributed by atoms with E-state index < -0.39 is 5.91 Å². The standard InChI is InChI=1S/C14H16N2O3/c1-10-5-6-13(19-10)8-16-11-3-2-4-12(7-11)18-9-14(15)17/h2-7,16H,8-9H2,1H3,(H2,15,17). The summed E-state index contributed by atoms with van der Waals surface area (Å²) in [6.07, 6.45) is 0. The summed E-state index contributed by atoms with van der Waals surface area (Å²) in [5.74, 6) is 1.85. The van der Waals surface area contributed by atoms with Crippen LogP contribution in [0.15, 0.2) is 40.8 Å². The van der Waals surface area contributed by atoms with Crippen LogP contribution in [0.1, 0.15) is 11.5 Å². The molecule has 0 aliphatic carbocycles. The molecule has 1 heterocycles. The zero-order valence-corrected chi connectivity index (χ0v) is 10.7. The van der Waals surface area contributed by atoms with Gasteiger partial charge in [0, 0.05) is 11.8 Å². The molecule has 1 aromatic heterocycles. The van der Waals surface area contributed by atoms with E-state index in [0.29, 0.717) is 12.3 Å². The van der Waals surface area contributed by atoms with E-state index in [1.807, 2.05) is 31.2 Å². The molecule has 1 aromatic carbocycles. The van der Waals surface area contributed by atoms with Crippen molar-refractivity contribution in [3.63, 3.8) is 0 Å². The van der Waals surface area contributed by atoms with Gasteiger partial charge in [0.1, 0.15) is 17.3 Å². The molecule has 0 saturated carbocycles. The molecule has 100 valence electrons. The summed E-state index contributed by atoms with van der Waals surface area (Å²) < 4.78 is 10.7. The zero-order valence-electron chi connectivity index (χ0n) is 10.7. The van der Waals surface area contributed by atoms with Crippen molar-refractivity contribution in [3.8, 4) is 5.75 Å². The highest BCUT2D eigenvalue weighted by atomic mass is 16.5. The number of benzene rings is 1. The summed E-state index contributed by atoms with van der Waals surface area (Å²) in [7, 11) is 0. The van der Waals surface area contributed by atoms with Crippen LogP contribution in [0.2, 0.25) is 0 Å². The summed E-state index contributed by atoms with van der Waals surface area (Å²) in [5.41, 5.74) is 5.91. The fraction of sp³-hybridized carbons (Fsp3) is 0.214. The summed E-state index contributed by atoms with van der Waals surface area (Å²) in [4.78, 5) is 10.6. The second kappa shape index (κ2) is 5.95. The van der Waals surface area contributed by atoms with Crippen LogP contribution >= 0.6 is 0 Å². The molecular formula is C14H16N2O3. The number of hydrogen-bond acceptors (Lipinski definition) is 4. The molecular weight excluding hydrogens is 244 g/mol. The maximum Gasteiger partial charge on any atom is 0.255 e. The van der Waals surface area contributed by atoms with Gasteiger partial charge in [0.2, 0.25) is 0 Å². The lowest BCUT2D eigenvalue weighted by Gasteiger charge is -2.08. The van der Waals surface area contributed by atoms with Crippen molar-refractivity contribution < 1.29 is 13.9 Å². The van der Waals surface area contributed by atoms with Gasteiger partial charge in [-0.05, 0) is 31.2 Å². The number of nitrogens with one attached hydrogen (secondary N) is 1. The Hall–Kier alpha value is -2.43. The Morgan fingerprint density at radius 1 is 1.37 bits per heavy atom. The van der Waals surface area contributed by atoms with Crippen molar-refractivity contribution in [2.75, 3.05) is 11.9 Å². The fourth-order valence-electron chi connectivity index (χ4n) is 1.62. The van der Waals surface area contributed by atoms with Crippen LogP contribution in [0.4, 0.5) is 5.69 Å². The first-order chi connectivity index (χ1) is 9.13. The van der Waals surface area contributed by atoms with Crippen LogP contribution in [-0.2, 0) is 11.3 Å². The molecule has 0 unspecified atom stereocenters. The molecule has 0 atom stereocenters. The molecule has 0 spiro atoms. The molecule has 0 aliphatic rings. The quantitative estimate of drug-likeness (QED) is 0.833. The summed E-state index contributed by atoms with van der Waals surface area (Å²) in [5, 5.41) is 3.21. The number of furan rings is 1. The molecule has 19 heavy (non-hydrogen) atoms. The molecule has 0 bridgehead atoms. The van der Waals surface area contributed by atoms with Gasteiger partial charge in [-0.25, -0.2) is 0 Å². The third kappa shape index (κ3) is 4.06. The van der Waals surface area contributed by atoms with Gasteiger partial charge < -0.3 is 20.2 Å². The Morgan fingerprint density at radius 3 is 2.89 bits per heavy atom. The lowest BCUT2D eigenvalue weighted by atomic mass is 10.3. The number of nitrogens with two attached hydrogens (primary N) is 1. The van der Waals surface area contributed by atoms with Crippen molar-refractivity contribution in [2.45, 2.75) is 13.5 Å². The van der Waals surface area contributed by atoms with Crippen molar-refractivity contribution in [1.82, 2.24) is 0 Å². The lowest BCUT2D eigenvalue weighted by molar-refractivity contribution is -0.119. The van der Waals surface area contributed by atoms with Crippen LogP contribution in [0, 0.1) is 6.92 Å². The highest BCUT2D eigenvalue weighted by molar-refractivity contribution is 5.75. The smallest absolute Gasteiger partial charge is 0.255 e. The third-order valence-electron chi connectivity index (χ3n) is 2.48. The minimum Gasteiger partial charge on any atom is -0.484 e. The van der Waals surface area contributed by atoms with Gasteiger partial charge in [-0.15, -0.1) is 0 Å². The van der Waals surface area contributed by atoms with E-state index in [2.05, 4.69) is 5.32 Å². The second-order valence-electron chi connectivity index (χ2n) is 4.15. The number of anilines is 1. The molecule has 0 fully saturated rings. The largest absolute Gasteiger partial charge is 0.484 e. The molecule has 5 nitrogen and oxygen atoms in total. The highest BCUT2D eigenvalue weighted by Crippen LogP contribution is 2.18. The third-order valence-corrected chi connectivity index (χ3v) is 2.48. The van der Waals surface area contributed by atoms with E-state index in [-0.39, 0.29) is 6.61 Å². The Labute approximate surface area is 111 Å². The molecule has 2 rings (SSSR count). The number of aryl methyl sites for hydroxylation is 1. The zero-order chi connectivity index (χ0) is 13.7. The molecule has 3 N–H and O–H groups in total. The van der Waals surface area contributed by atoms with E-state index in [1.165, 1.54) is 0 Å². The summed E-state index contributed by atoms with van der Waals surface area (Å²) in [6.45, 7) is 2.37. The first-order valence-corrected chi connectivity index (χ1v) is 5.94. The van der Waals surface area contributed by atoms with Crippen LogP contribution in [0.3, 0.4) is 0 Å². The number of primary amides is 1. The monoisotopic (exact) mass is 260 g/mol. The van der Waals surface area contributed by atoms with E-state index in [4.69, 9.17) is 14.9 Å². The van der Waals surface area contributed by atoms with E-state index in [0.717, 1.165) is 17.2 Å². The minimum absolute atomic E-state index is 0.124. The van der Waals surface area contributed by atoms with Gasteiger partial charge in [0.15, 0.2) is 6.61 Å². The van der Waals surface area contributed by atoms with Crippen molar-refractivity contribution >= 4 is 11.6 Å². The van der Waals surface area contributed by atoms with E-state index in [9.17, 15) is 4.79 Å². The van der Waals surface area contributed by atoms with E-state index >= 15 is 0 Å². The molecule has 0 aliphatic heterocycles. The van der Waals surface area contributed by atoms with Gasteiger partial charge in [0.05, 0.1) is 6.54 Å². The van der Waals surface area contributed by atoms with Gasteiger partial charge in [-0.3, -0.25) is 4.79 Å². The highest BCUT2D eigenvalue weighted by Gasteiger charge is 2.01. The number of hydrogen-bond donors (Lipinski definition) is 2. The fourth-order valence-corrected chi connectivity index (χ4v) is 1.62. The van der Waals surface area contributed by atoms with Crippen molar-refractivity contribution in [3.05, 3.63) is 47.9 Å².